The quantitative estimate of drug-likeness (QED) is 0.693. The van der Waals surface area contributed by atoms with Crippen molar-refractivity contribution in [1.82, 2.24) is 0 Å². The van der Waals surface area contributed by atoms with Crippen LogP contribution in [0, 0.1) is 32.6 Å². The van der Waals surface area contributed by atoms with Gasteiger partial charge in [-0.15, -0.1) is 11.8 Å². The Morgan fingerprint density at radius 3 is 2.42 bits per heavy atom. The van der Waals surface area contributed by atoms with Crippen LogP contribution in [0.1, 0.15) is 55.4 Å². The van der Waals surface area contributed by atoms with E-state index in [1.807, 2.05) is 0 Å². The van der Waals surface area contributed by atoms with Gasteiger partial charge in [0.25, 0.3) is 0 Å². The Balaban J connectivity index is 2.91. The maximum Gasteiger partial charge on any atom is 0.122 e. The molecule has 104 valence electrons. The second-order valence-corrected chi connectivity index (χ2v) is 4.98. The fraction of sp³-hybridized carbons (Fsp3) is 0.556. The van der Waals surface area contributed by atoms with E-state index < -0.39 is 0 Å². The number of aryl methyl sites for hydroxylation is 1. The Hall–Kier alpha value is -1.42. The van der Waals surface area contributed by atoms with Crippen LogP contribution in [0.2, 0.25) is 0 Å². The summed E-state index contributed by atoms with van der Waals surface area (Å²) in [6.45, 7) is 11.5. The Kier molecular flexibility index (Phi) is 6.50. The van der Waals surface area contributed by atoms with Crippen LogP contribution in [0.25, 0.3) is 0 Å². The summed E-state index contributed by atoms with van der Waals surface area (Å²) in [6.07, 6.45) is 3.98. The third-order valence-corrected chi connectivity index (χ3v) is 3.47. The van der Waals surface area contributed by atoms with Gasteiger partial charge in [-0.2, -0.15) is 0 Å². The fourth-order valence-electron chi connectivity index (χ4n) is 2.25. The van der Waals surface area contributed by atoms with Crippen molar-refractivity contribution in [2.45, 2.75) is 60.3 Å². The molecule has 0 fully saturated rings. The van der Waals surface area contributed by atoms with Crippen molar-refractivity contribution in [1.29, 1.82) is 0 Å². The summed E-state index contributed by atoms with van der Waals surface area (Å²) >= 11 is 0. The molecule has 1 heteroatoms. The van der Waals surface area contributed by atoms with Gasteiger partial charge in [-0.05, 0) is 61.9 Å². The van der Waals surface area contributed by atoms with E-state index >= 15 is 0 Å². The topological polar surface area (TPSA) is 9.23 Å². The van der Waals surface area contributed by atoms with Gasteiger partial charge in [-0.3, -0.25) is 0 Å². The second kappa shape index (κ2) is 7.89. The minimum Gasteiger partial charge on any atom is -0.493 e. The molecular formula is C18H26O. The Morgan fingerprint density at radius 2 is 1.79 bits per heavy atom. The Labute approximate surface area is 118 Å². The molecule has 0 unspecified atom stereocenters. The molecule has 0 atom stereocenters. The first-order valence-corrected chi connectivity index (χ1v) is 7.30. The molecule has 0 amide bonds. The second-order valence-electron chi connectivity index (χ2n) is 4.98. The monoisotopic (exact) mass is 258 g/mol. The highest BCUT2D eigenvalue weighted by molar-refractivity contribution is 5.48. The van der Waals surface area contributed by atoms with E-state index in [1.165, 1.54) is 22.3 Å². The van der Waals surface area contributed by atoms with Gasteiger partial charge in [0, 0.05) is 12.8 Å². The molecule has 19 heavy (non-hydrogen) atoms. The van der Waals surface area contributed by atoms with Crippen LogP contribution >= 0.6 is 0 Å². The molecule has 1 nitrogen and oxygen atoms in total. The summed E-state index contributed by atoms with van der Waals surface area (Å²) in [5.74, 6) is 7.40. The lowest BCUT2D eigenvalue weighted by Gasteiger charge is -2.16. The number of hydrogen-bond acceptors (Lipinski definition) is 1. The Morgan fingerprint density at radius 1 is 1.05 bits per heavy atom. The molecule has 0 aliphatic carbocycles. The fourth-order valence-corrected chi connectivity index (χ4v) is 2.25. The van der Waals surface area contributed by atoms with E-state index in [2.05, 4.69) is 52.5 Å². The molecule has 1 aromatic carbocycles. The Bertz CT molecular complexity index is 475. The van der Waals surface area contributed by atoms with Crippen molar-refractivity contribution in [2.75, 3.05) is 6.61 Å². The normalized spacial score (nSPS) is 9.95. The third kappa shape index (κ3) is 4.31. The summed E-state index contributed by atoms with van der Waals surface area (Å²) in [4.78, 5) is 0. The maximum absolute atomic E-state index is 5.82. The van der Waals surface area contributed by atoms with Gasteiger partial charge in [0.2, 0.25) is 0 Å². The minimum absolute atomic E-state index is 0.793. The summed E-state index contributed by atoms with van der Waals surface area (Å²) < 4.78 is 5.82. The first-order chi connectivity index (χ1) is 9.11. The highest BCUT2D eigenvalue weighted by Gasteiger charge is 2.10. The molecule has 0 spiro atoms. The van der Waals surface area contributed by atoms with Crippen LogP contribution in [-0.4, -0.2) is 6.61 Å². The molecular weight excluding hydrogens is 232 g/mol. The van der Waals surface area contributed by atoms with E-state index in [0.29, 0.717) is 0 Å². The first kappa shape index (κ1) is 15.6. The van der Waals surface area contributed by atoms with Crippen LogP contribution in [0.15, 0.2) is 6.07 Å². The van der Waals surface area contributed by atoms with Crippen LogP contribution in [0.4, 0.5) is 0 Å². The van der Waals surface area contributed by atoms with Gasteiger partial charge in [0.05, 0.1) is 6.61 Å². The first-order valence-electron chi connectivity index (χ1n) is 7.30. The molecule has 0 aromatic heterocycles. The number of benzene rings is 1. The molecule has 0 N–H and O–H groups in total. The van der Waals surface area contributed by atoms with E-state index in [1.54, 1.807) is 0 Å². The van der Waals surface area contributed by atoms with Crippen molar-refractivity contribution in [2.24, 2.45) is 0 Å². The van der Waals surface area contributed by atoms with Crippen molar-refractivity contribution in [3.63, 3.8) is 0 Å². The van der Waals surface area contributed by atoms with E-state index in [0.717, 1.165) is 38.0 Å². The summed E-state index contributed by atoms with van der Waals surface area (Å²) in [7, 11) is 0. The van der Waals surface area contributed by atoms with E-state index in [9.17, 15) is 0 Å². The van der Waals surface area contributed by atoms with Gasteiger partial charge < -0.3 is 4.74 Å². The lowest BCUT2D eigenvalue weighted by Crippen LogP contribution is -2.03. The van der Waals surface area contributed by atoms with Crippen molar-refractivity contribution in [3.8, 4) is 17.6 Å². The standard InChI is InChI=1S/C18H26O/c1-6-8-9-10-11-17-14(3)13-18(19-12-7-2)16(5)15(17)4/h13H,6-7,10-12H2,1-5H3. The van der Waals surface area contributed by atoms with Gasteiger partial charge >= 0.3 is 0 Å². The van der Waals surface area contributed by atoms with Gasteiger partial charge in [-0.1, -0.05) is 13.8 Å². The third-order valence-electron chi connectivity index (χ3n) is 3.47. The summed E-state index contributed by atoms with van der Waals surface area (Å²) in [6, 6.07) is 2.18. The molecule has 1 aromatic rings. The highest BCUT2D eigenvalue weighted by Crippen LogP contribution is 2.28. The van der Waals surface area contributed by atoms with E-state index in [-0.39, 0.29) is 0 Å². The smallest absolute Gasteiger partial charge is 0.122 e. The van der Waals surface area contributed by atoms with Crippen molar-refractivity contribution in [3.05, 3.63) is 28.3 Å². The molecule has 1 rings (SSSR count). The predicted molar refractivity (Wildman–Crippen MR) is 82.8 cm³/mol. The lowest BCUT2D eigenvalue weighted by atomic mass is 9.94. The minimum atomic E-state index is 0.793. The van der Waals surface area contributed by atoms with Crippen LogP contribution < -0.4 is 4.74 Å². The van der Waals surface area contributed by atoms with E-state index in [4.69, 9.17) is 4.74 Å². The zero-order valence-corrected chi connectivity index (χ0v) is 13.0. The molecule has 0 aliphatic heterocycles. The average Bonchev–Trinajstić information content (AvgIpc) is 2.40. The number of ether oxygens (including phenoxy) is 1. The van der Waals surface area contributed by atoms with Gasteiger partial charge in [0.15, 0.2) is 0 Å². The summed E-state index contributed by atoms with van der Waals surface area (Å²) in [5, 5.41) is 0. The lowest BCUT2D eigenvalue weighted by molar-refractivity contribution is 0.315. The SMILES string of the molecule is CCC#CCCc1c(C)cc(OCCC)c(C)c1C. The van der Waals surface area contributed by atoms with Gasteiger partial charge in [0.1, 0.15) is 5.75 Å². The molecule has 0 bridgehead atoms. The van der Waals surface area contributed by atoms with Crippen LogP contribution in [0.3, 0.4) is 0 Å². The van der Waals surface area contributed by atoms with Crippen LogP contribution in [0.5, 0.6) is 5.75 Å². The summed E-state index contributed by atoms with van der Waals surface area (Å²) in [5.41, 5.74) is 5.40. The largest absolute Gasteiger partial charge is 0.493 e. The highest BCUT2D eigenvalue weighted by atomic mass is 16.5. The zero-order chi connectivity index (χ0) is 14.3. The molecule has 0 radical (unpaired) electrons. The molecule has 0 saturated heterocycles. The number of hydrogen-bond donors (Lipinski definition) is 0. The molecule has 0 heterocycles. The molecule has 0 aliphatic rings. The maximum atomic E-state index is 5.82. The molecule has 0 saturated carbocycles. The van der Waals surface area contributed by atoms with Crippen molar-refractivity contribution < 1.29 is 4.74 Å². The van der Waals surface area contributed by atoms with Crippen LogP contribution in [-0.2, 0) is 6.42 Å². The zero-order valence-electron chi connectivity index (χ0n) is 13.0. The van der Waals surface area contributed by atoms with Gasteiger partial charge in [-0.25, -0.2) is 0 Å². The number of rotatable bonds is 5. The predicted octanol–water partition coefficient (Wildman–Crippen LogP) is 4.75. The average molecular weight is 258 g/mol. The van der Waals surface area contributed by atoms with Crippen molar-refractivity contribution >= 4 is 0 Å².